The van der Waals surface area contributed by atoms with Gasteiger partial charge in [-0.2, -0.15) is 0 Å². The summed E-state index contributed by atoms with van der Waals surface area (Å²) in [5, 5.41) is 12.5. The summed E-state index contributed by atoms with van der Waals surface area (Å²) < 4.78 is 2.05. The molecule has 35 heavy (non-hydrogen) atoms. The topological polar surface area (TPSA) is 71.3 Å². The summed E-state index contributed by atoms with van der Waals surface area (Å²) in [7, 11) is 1.96. The van der Waals surface area contributed by atoms with E-state index in [1.807, 2.05) is 49.7 Å². The Morgan fingerprint density at radius 2 is 1.71 bits per heavy atom. The van der Waals surface area contributed by atoms with Gasteiger partial charge in [-0.3, -0.25) is 9.59 Å². The Morgan fingerprint density at radius 3 is 2.34 bits per heavy atom. The number of carboxylic acids is 1. The molecule has 0 atom stereocenters. The van der Waals surface area contributed by atoms with E-state index in [0.29, 0.717) is 36.4 Å². The molecule has 5 heteroatoms. The predicted molar refractivity (Wildman–Crippen MR) is 142 cm³/mol. The molecule has 5 nitrogen and oxygen atoms in total. The van der Waals surface area contributed by atoms with Crippen LogP contribution >= 0.6 is 0 Å². The molecule has 0 saturated carbocycles. The van der Waals surface area contributed by atoms with Crippen molar-refractivity contribution >= 4 is 17.4 Å². The summed E-state index contributed by atoms with van der Waals surface area (Å²) in [4.78, 5) is 24.4. The summed E-state index contributed by atoms with van der Waals surface area (Å²) in [5.74, 6) is -0.152. The van der Waals surface area contributed by atoms with Gasteiger partial charge in [0.1, 0.15) is 0 Å². The van der Waals surface area contributed by atoms with Crippen molar-refractivity contribution in [3.8, 4) is 0 Å². The number of nitrogens with one attached hydrogen (secondary N) is 1. The first kappa shape index (κ1) is 26.3. The highest BCUT2D eigenvalue weighted by molar-refractivity contribution is 6.10. The molecule has 0 aliphatic carbocycles. The number of benzene rings is 2. The summed E-state index contributed by atoms with van der Waals surface area (Å²) in [6.07, 6.45) is 3.14. The van der Waals surface area contributed by atoms with Crippen LogP contribution in [0.15, 0.2) is 48.5 Å². The molecule has 2 N–H and O–H groups in total. The van der Waals surface area contributed by atoms with Crippen LogP contribution < -0.4 is 5.32 Å². The van der Waals surface area contributed by atoms with Crippen LogP contribution in [0.2, 0.25) is 0 Å². The van der Waals surface area contributed by atoms with E-state index in [4.69, 9.17) is 5.11 Å². The van der Waals surface area contributed by atoms with E-state index in [1.165, 1.54) is 11.1 Å². The number of aliphatic carboxylic acids is 1. The number of carboxylic acid groups (broad SMARTS) is 1. The van der Waals surface area contributed by atoms with Gasteiger partial charge in [-0.15, -0.1) is 0 Å². The fraction of sp³-hybridized carbons (Fsp3) is 0.400. The Labute approximate surface area is 209 Å². The largest absolute Gasteiger partial charge is 0.481 e. The number of aromatic nitrogens is 1. The first-order valence-corrected chi connectivity index (χ1v) is 12.6. The van der Waals surface area contributed by atoms with Crippen molar-refractivity contribution in [1.82, 2.24) is 4.57 Å². The number of hydrogen-bond donors (Lipinski definition) is 2. The second-order valence-corrected chi connectivity index (χ2v) is 9.78. The van der Waals surface area contributed by atoms with Crippen molar-refractivity contribution in [1.29, 1.82) is 0 Å². The molecular weight excluding hydrogens is 436 g/mol. The van der Waals surface area contributed by atoms with Crippen LogP contribution in [0.1, 0.15) is 77.6 Å². The summed E-state index contributed by atoms with van der Waals surface area (Å²) in [6, 6.07) is 16.5. The molecular formula is C30H38N2O3. The zero-order chi connectivity index (χ0) is 25.5. The van der Waals surface area contributed by atoms with Gasteiger partial charge in [0.05, 0.1) is 0 Å². The Bertz CT molecular complexity index is 1170. The molecule has 0 fully saturated rings. The lowest BCUT2D eigenvalue weighted by atomic mass is 9.99. The van der Waals surface area contributed by atoms with Gasteiger partial charge in [-0.05, 0) is 67.3 Å². The number of nitrogens with zero attached hydrogens (tertiary/aromatic N) is 1. The fourth-order valence-corrected chi connectivity index (χ4v) is 4.56. The minimum absolute atomic E-state index is 0.00280. The maximum Gasteiger partial charge on any atom is 0.303 e. The van der Waals surface area contributed by atoms with Crippen LogP contribution in [0, 0.1) is 12.8 Å². The predicted octanol–water partition coefficient (Wildman–Crippen LogP) is 6.34. The van der Waals surface area contributed by atoms with Gasteiger partial charge < -0.3 is 15.0 Å². The number of aryl methyl sites for hydroxylation is 2. The van der Waals surface area contributed by atoms with E-state index >= 15 is 0 Å². The molecule has 0 saturated heterocycles. The Hall–Kier alpha value is -3.34. The zero-order valence-corrected chi connectivity index (χ0v) is 21.6. The first-order valence-electron chi connectivity index (χ1n) is 12.6. The van der Waals surface area contributed by atoms with Gasteiger partial charge in [0.15, 0.2) is 5.78 Å². The third kappa shape index (κ3) is 6.84. The third-order valence-electron chi connectivity index (χ3n) is 6.51. The molecule has 0 aliphatic heterocycles. The Balaban J connectivity index is 1.76. The molecule has 3 rings (SSSR count). The minimum Gasteiger partial charge on any atom is -0.481 e. The average molecular weight is 475 g/mol. The van der Waals surface area contributed by atoms with E-state index in [0.717, 1.165) is 35.5 Å². The smallest absolute Gasteiger partial charge is 0.303 e. The molecule has 0 bridgehead atoms. The molecule has 2 aromatic carbocycles. The number of ketones is 1. The minimum atomic E-state index is -0.794. The molecule has 0 radical (unpaired) electrons. The Morgan fingerprint density at radius 1 is 1.03 bits per heavy atom. The molecule has 3 aromatic rings. The van der Waals surface area contributed by atoms with Gasteiger partial charge in [-0.1, -0.05) is 57.2 Å². The standard InChI is InChI=1S/C30H38N2O3/c1-6-28-26(18-25(32(28)5)8-7-9-29(33)34)30(35)24-15-10-21(4)27(17-24)31-19-23-13-11-22(12-14-23)16-20(2)3/h10-15,17-18,20,31H,6-9,16,19H2,1-5H3,(H,33,34). The second-order valence-electron chi connectivity index (χ2n) is 9.78. The maximum absolute atomic E-state index is 13.5. The molecule has 0 unspecified atom stereocenters. The van der Waals surface area contributed by atoms with E-state index in [-0.39, 0.29) is 12.2 Å². The quantitative estimate of drug-likeness (QED) is 0.300. The van der Waals surface area contributed by atoms with Crippen molar-refractivity contribution in [2.45, 2.75) is 66.3 Å². The fourth-order valence-electron chi connectivity index (χ4n) is 4.56. The number of rotatable bonds is 12. The van der Waals surface area contributed by atoms with Gasteiger partial charge >= 0.3 is 5.97 Å². The van der Waals surface area contributed by atoms with Gasteiger partial charge in [-0.25, -0.2) is 0 Å². The van der Waals surface area contributed by atoms with E-state index in [1.54, 1.807) is 0 Å². The molecule has 1 aromatic heterocycles. The SMILES string of the molecule is CCc1c(C(=O)c2ccc(C)c(NCc3ccc(CC(C)C)cc3)c2)cc(CCCC(=O)O)n1C. The molecule has 0 aliphatic rings. The highest BCUT2D eigenvalue weighted by atomic mass is 16.4. The van der Waals surface area contributed by atoms with Gasteiger partial charge in [0.2, 0.25) is 0 Å². The highest BCUT2D eigenvalue weighted by Gasteiger charge is 2.19. The van der Waals surface area contributed by atoms with E-state index in [9.17, 15) is 9.59 Å². The third-order valence-corrected chi connectivity index (χ3v) is 6.51. The van der Waals surface area contributed by atoms with E-state index in [2.05, 4.69) is 43.4 Å². The average Bonchev–Trinajstić information content (AvgIpc) is 3.13. The molecule has 1 heterocycles. The lowest BCUT2D eigenvalue weighted by Gasteiger charge is -2.13. The summed E-state index contributed by atoms with van der Waals surface area (Å²) >= 11 is 0. The monoisotopic (exact) mass is 474 g/mol. The van der Waals surface area contributed by atoms with Crippen molar-refractivity contribution < 1.29 is 14.7 Å². The second kappa shape index (κ2) is 11.9. The molecule has 186 valence electrons. The summed E-state index contributed by atoms with van der Waals surface area (Å²) in [6.45, 7) is 9.24. The highest BCUT2D eigenvalue weighted by Crippen LogP contribution is 2.24. The van der Waals surface area contributed by atoms with Crippen molar-refractivity contribution in [3.63, 3.8) is 0 Å². The Kier molecular flexibility index (Phi) is 8.91. The van der Waals surface area contributed by atoms with E-state index < -0.39 is 5.97 Å². The summed E-state index contributed by atoms with van der Waals surface area (Å²) in [5.41, 5.74) is 7.95. The van der Waals surface area contributed by atoms with Crippen LogP contribution in [-0.4, -0.2) is 21.4 Å². The van der Waals surface area contributed by atoms with Gasteiger partial charge in [0.25, 0.3) is 0 Å². The van der Waals surface area contributed by atoms with Crippen LogP contribution in [0.25, 0.3) is 0 Å². The number of carbonyl (C=O) groups excluding carboxylic acids is 1. The van der Waals surface area contributed by atoms with Crippen molar-refractivity contribution in [2.75, 3.05) is 5.32 Å². The number of anilines is 1. The van der Waals surface area contributed by atoms with Crippen LogP contribution in [0.4, 0.5) is 5.69 Å². The first-order chi connectivity index (χ1) is 16.7. The number of carbonyl (C=O) groups is 2. The van der Waals surface area contributed by atoms with Crippen molar-refractivity contribution in [2.24, 2.45) is 13.0 Å². The van der Waals surface area contributed by atoms with Crippen LogP contribution in [-0.2, 0) is 37.6 Å². The van der Waals surface area contributed by atoms with Crippen LogP contribution in [0.5, 0.6) is 0 Å². The lowest BCUT2D eigenvalue weighted by Crippen LogP contribution is -2.08. The van der Waals surface area contributed by atoms with Crippen molar-refractivity contribution in [3.05, 3.63) is 87.7 Å². The zero-order valence-electron chi connectivity index (χ0n) is 21.6. The number of hydrogen-bond acceptors (Lipinski definition) is 3. The van der Waals surface area contributed by atoms with Crippen LogP contribution in [0.3, 0.4) is 0 Å². The normalized spacial score (nSPS) is 11.1. The lowest BCUT2D eigenvalue weighted by molar-refractivity contribution is -0.137. The maximum atomic E-state index is 13.5. The molecule has 0 spiro atoms. The molecule has 0 amide bonds. The van der Waals surface area contributed by atoms with Gasteiger partial charge in [0, 0.05) is 48.2 Å².